The number of urea groups is 1. The van der Waals surface area contributed by atoms with Gasteiger partial charge in [-0.25, -0.2) is 19.4 Å². The molecule has 3 aromatic carbocycles. The highest BCUT2D eigenvalue weighted by Gasteiger charge is 2.15. The number of aromatic nitrogens is 5. The summed E-state index contributed by atoms with van der Waals surface area (Å²) in [6, 6.07) is 25.1. The topological polar surface area (TPSA) is 119 Å². The van der Waals surface area contributed by atoms with Gasteiger partial charge < -0.3 is 15.4 Å². The molecule has 0 fully saturated rings. The van der Waals surface area contributed by atoms with Crippen molar-refractivity contribution in [1.82, 2.24) is 24.7 Å². The number of aryl methyl sites for hydroxylation is 4. The van der Waals surface area contributed by atoms with Crippen LogP contribution in [0.4, 0.5) is 27.9 Å². The van der Waals surface area contributed by atoms with Gasteiger partial charge in [0, 0.05) is 23.0 Å². The van der Waals surface area contributed by atoms with E-state index in [-0.39, 0.29) is 6.03 Å². The van der Waals surface area contributed by atoms with E-state index in [1.165, 1.54) is 0 Å². The number of rotatable bonds is 12. The largest absolute Gasteiger partial charge is 0.488 e. The summed E-state index contributed by atoms with van der Waals surface area (Å²) in [5, 5.41) is 15.9. The standard InChI is InChI=1S/C38H40N8O2/c1-5-7-10-28-22-37(46(45-28)29-15-13-25(3)14-16-29)44-38(47)42-33-17-18-34(31-12-9-8-11-30(31)33)48-24-27-19-20-39-35(21-27)43-36-23-40-26(4)32(6-2)41-36/h8-9,11-23H,5-7,10,24H2,1-4H3,(H,39,41,43)(H2,42,44,47). The molecule has 6 rings (SSSR count). The number of ether oxygens (including phenoxy) is 1. The smallest absolute Gasteiger partial charge is 0.324 e. The molecule has 2 amide bonds. The molecule has 0 aliphatic heterocycles. The number of anilines is 4. The minimum atomic E-state index is -0.356. The van der Waals surface area contributed by atoms with Gasteiger partial charge in [-0.3, -0.25) is 10.3 Å². The molecule has 10 nitrogen and oxygen atoms in total. The molecule has 6 aromatic rings. The van der Waals surface area contributed by atoms with E-state index in [2.05, 4.69) is 44.7 Å². The Morgan fingerprint density at radius 1 is 0.875 bits per heavy atom. The van der Waals surface area contributed by atoms with Crippen molar-refractivity contribution < 1.29 is 9.53 Å². The number of carbonyl (C=O) groups excluding carboxylic acids is 1. The van der Waals surface area contributed by atoms with E-state index in [9.17, 15) is 4.79 Å². The number of nitrogens with one attached hydrogen (secondary N) is 3. The van der Waals surface area contributed by atoms with Gasteiger partial charge in [-0.2, -0.15) is 5.10 Å². The fourth-order valence-corrected chi connectivity index (χ4v) is 5.47. The number of pyridine rings is 1. The maximum absolute atomic E-state index is 13.4. The van der Waals surface area contributed by atoms with E-state index in [1.54, 1.807) is 17.1 Å². The Morgan fingerprint density at radius 3 is 2.48 bits per heavy atom. The molecule has 0 bridgehead atoms. The molecule has 0 atom stereocenters. The van der Waals surface area contributed by atoms with Crippen molar-refractivity contribution in [2.45, 2.75) is 60.0 Å². The molecule has 0 aliphatic rings. The summed E-state index contributed by atoms with van der Waals surface area (Å²) in [6.07, 6.45) is 7.20. The quantitative estimate of drug-likeness (QED) is 0.122. The second kappa shape index (κ2) is 14.8. The number of amides is 2. The van der Waals surface area contributed by atoms with E-state index in [0.29, 0.717) is 35.5 Å². The normalized spacial score (nSPS) is 11.0. The van der Waals surface area contributed by atoms with E-state index in [4.69, 9.17) is 9.84 Å². The highest BCUT2D eigenvalue weighted by atomic mass is 16.5. The predicted octanol–water partition coefficient (Wildman–Crippen LogP) is 8.70. The second-order valence-electron chi connectivity index (χ2n) is 11.7. The van der Waals surface area contributed by atoms with Gasteiger partial charge in [0.1, 0.15) is 29.8 Å². The van der Waals surface area contributed by atoms with E-state index >= 15 is 0 Å². The van der Waals surface area contributed by atoms with Crippen molar-refractivity contribution in [3.05, 3.63) is 119 Å². The van der Waals surface area contributed by atoms with Crippen LogP contribution in [0.1, 0.15) is 54.9 Å². The van der Waals surface area contributed by atoms with Gasteiger partial charge >= 0.3 is 6.03 Å². The van der Waals surface area contributed by atoms with Crippen LogP contribution in [-0.2, 0) is 19.4 Å². The number of carbonyl (C=O) groups is 1. The minimum absolute atomic E-state index is 0.331. The van der Waals surface area contributed by atoms with Gasteiger partial charge in [0.2, 0.25) is 0 Å². The number of fused-ring (bicyclic) bond motifs is 1. The predicted molar refractivity (Wildman–Crippen MR) is 192 cm³/mol. The lowest BCUT2D eigenvalue weighted by Gasteiger charge is -2.15. The van der Waals surface area contributed by atoms with Crippen LogP contribution in [0.25, 0.3) is 16.5 Å². The minimum Gasteiger partial charge on any atom is -0.488 e. The van der Waals surface area contributed by atoms with Gasteiger partial charge in [0.25, 0.3) is 0 Å². The van der Waals surface area contributed by atoms with Crippen molar-refractivity contribution in [3.63, 3.8) is 0 Å². The van der Waals surface area contributed by atoms with E-state index in [1.807, 2.05) is 92.7 Å². The van der Waals surface area contributed by atoms with Crippen LogP contribution in [0.5, 0.6) is 5.75 Å². The van der Waals surface area contributed by atoms with E-state index in [0.717, 1.165) is 70.4 Å². The molecule has 3 N–H and O–H groups in total. The molecular formula is C38H40N8O2. The molecule has 3 heterocycles. The summed E-state index contributed by atoms with van der Waals surface area (Å²) in [5.41, 5.74) is 6.47. The maximum atomic E-state index is 13.4. The average molecular weight is 641 g/mol. The van der Waals surface area contributed by atoms with Crippen LogP contribution in [0.2, 0.25) is 0 Å². The summed E-state index contributed by atoms with van der Waals surface area (Å²) in [5.74, 6) is 2.63. The van der Waals surface area contributed by atoms with Gasteiger partial charge in [-0.05, 0) is 75.1 Å². The monoisotopic (exact) mass is 640 g/mol. The first-order chi connectivity index (χ1) is 23.4. The van der Waals surface area contributed by atoms with Crippen LogP contribution >= 0.6 is 0 Å². The SMILES string of the molecule is CCCCc1cc(NC(=O)Nc2ccc(OCc3ccnc(Nc4cnc(C)c(CC)n4)c3)c3ccccc23)n(-c2ccc(C)cc2)n1. The molecule has 48 heavy (non-hydrogen) atoms. The summed E-state index contributed by atoms with van der Waals surface area (Å²) in [6.45, 7) is 8.55. The second-order valence-corrected chi connectivity index (χ2v) is 11.7. The van der Waals surface area contributed by atoms with E-state index < -0.39 is 0 Å². The lowest BCUT2D eigenvalue weighted by atomic mass is 10.1. The third kappa shape index (κ3) is 7.60. The zero-order valence-corrected chi connectivity index (χ0v) is 27.7. The highest BCUT2D eigenvalue weighted by Crippen LogP contribution is 2.32. The van der Waals surface area contributed by atoms with Crippen molar-refractivity contribution >= 4 is 39.9 Å². The molecule has 10 heteroatoms. The molecule has 0 aliphatic carbocycles. The zero-order chi connectivity index (χ0) is 33.5. The summed E-state index contributed by atoms with van der Waals surface area (Å²) < 4.78 is 8.09. The molecular weight excluding hydrogens is 600 g/mol. The summed E-state index contributed by atoms with van der Waals surface area (Å²) in [4.78, 5) is 26.9. The number of unbranched alkanes of at least 4 members (excludes halogenated alkanes) is 1. The third-order valence-corrected chi connectivity index (χ3v) is 8.06. The Kier molecular flexibility index (Phi) is 9.90. The molecule has 0 radical (unpaired) electrons. The van der Waals surface area contributed by atoms with Gasteiger partial charge in [0.05, 0.1) is 34.7 Å². The van der Waals surface area contributed by atoms with Crippen molar-refractivity contribution in [3.8, 4) is 11.4 Å². The lowest BCUT2D eigenvalue weighted by Crippen LogP contribution is -2.21. The van der Waals surface area contributed by atoms with Crippen molar-refractivity contribution in [1.29, 1.82) is 0 Å². The lowest BCUT2D eigenvalue weighted by molar-refractivity contribution is 0.262. The summed E-state index contributed by atoms with van der Waals surface area (Å²) in [7, 11) is 0. The van der Waals surface area contributed by atoms with Crippen molar-refractivity contribution in [2.24, 2.45) is 0 Å². The molecule has 0 saturated heterocycles. The Labute approximate surface area is 280 Å². The average Bonchev–Trinajstić information content (AvgIpc) is 3.50. The maximum Gasteiger partial charge on any atom is 0.324 e. The first-order valence-electron chi connectivity index (χ1n) is 16.3. The van der Waals surface area contributed by atoms with Crippen LogP contribution in [-0.4, -0.2) is 30.8 Å². The fraction of sp³-hybridized carbons (Fsp3) is 0.237. The Balaban J connectivity index is 1.16. The molecule has 0 spiro atoms. The van der Waals surface area contributed by atoms with Crippen LogP contribution < -0.4 is 20.7 Å². The van der Waals surface area contributed by atoms with Crippen molar-refractivity contribution in [2.75, 3.05) is 16.0 Å². The number of benzene rings is 3. The zero-order valence-electron chi connectivity index (χ0n) is 27.7. The molecule has 0 unspecified atom stereocenters. The van der Waals surface area contributed by atoms with Gasteiger partial charge in [0.15, 0.2) is 0 Å². The van der Waals surface area contributed by atoms with Gasteiger partial charge in [-0.1, -0.05) is 62.2 Å². The molecule has 0 saturated carbocycles. The number of hydrogen-bond donors (Lipinski definition) is 3. The number of nitrogens with zero attached hydrogens (tertiary/aromatic N) is 5. The summed E-state index contributed by atoms with van der Waals surface area (Å²) >= 11 is 0. The molecule has 244 valence electrons. The van der Waals surface area contributed by atoms with Crippen LogP contribution in [0.15, 0.2) is 91.3 Å². The Hall–Kier alpha value is -5.77. The Morgan fingerprint density at radius 2 is 1.69 bits per heavy atom. The number of hydrogen-bond acceptors (Lipinski definition) is 7. The van der Waals surface area contributed by atoms with Crippen LogP contribution in [0.3, 0.4) is 0 Å². The molecule has 3 aromatic heterocycles. The fourth-order valence-electron chi connectivity index (χ4n) is 5.47. The first kappa shape index (κ1) is 32.2. The van der Waals surface area contributed by atoms with Crippen LogP contribution in [0, 0.1) is 13.8 Å². The Bertz CT molecular complexity index is 2040. The third-order valence-electron chi connectivity index (χ3n) is 8.06. The first-order valence-corrected chi connectivity index (χ1v) is 16.3. The highest BCUT2D eigenvalue weighted by molar-refractivity contribution is 6.07. The van der Waals surface area contributed by atoms with Gasteiger partial charge in [-0.15, -0.1) is 0 Å².